The number of hydrogen-bond donors (Lipinski definition) is 1. The average molecular weight is 376 g/mol. The normalized spacial score (nSPS) is 21.7. The topological polar surface area (TPSA) is 54.9 Å². The van der Waals surface area contributed by atoms with Crippen molar-refractivity contribution in [3.63, 3.8) is 0 Å². The van der Waals surface area contributed by atoms with E-state index in [9.17, 15) is 4.79 Å². The predicted molar refractivity (Wildman–Crippen MR) is 106 cm³/mol. The van der Waals surface area contributed by atoms with Crippen molar-refractivity contribution in [2.24, 2.45) is 5.92 Å². The molecular weight excluding hydrogens is 350 g/mol. The van der Waals surface area contributed by atoms with Crippen molar-refractivity contribution in [2.75, 3.05) is 0 Å². The van der Waals surface area contributed by atoms with Gasteiger partial charge in [0.05, 0.1) is 5.25 Å². The molecule has 4 nitrogen and oxygen atoms in total. The highest BCUT2D eigenvalue weighted by molar-refractivity contribution is 7.99. The van der Waals surface area contributed by atoms with Crippen molar-refractivity contribution in [3.05, 3.63) is 35.3 Å². The lowest BCUT2D eigenvalue weighted by molar-refractivity contribution is -0.121. The largest absolute Gasteiger partial charge is 0.352 e. The predicted octanol–water partition coefficient (Wildman–Crippen LogP) is 4.52. The molecule has 134 valence electrons. The Bertz CT molecular complexity index is 689. The second kappa shape index (κ2) is 8.81. The number of carbonyl (C=O) groups is 1. The molecule has 1 aromatic heterocycles. The van der Waals surface area contributed by atoms with Gasteiger partial charge in [-0.05, 0) is 25.7 Å². The lowest BCUT2D eigenvalue weighted by Gasteiger charge is -2.30. The summed E-state index contributed by atoms with van der Waals surface area (Å²) in [6.45, 7) is 4.22. The van der Waals surface area contributed by atoms with Crippen LogP contribution in [0.15, 0.2) is 30.3 Å². The highest BCUT2D eigenvalue weighted by Gasteiger charge is 2.25. The van der Waals surface area contributed by atoms with Crippen molar-refractivity contribution in [1.29, 1.82) is 0 Å². The van der Waals surface area contributed by atoms with Crippen LogP contribution in [0.5, 0.6) is 0 Å². The van der Waals surface area contributed by atoms with Crippen molar-refractivity contribution < 1.29 is 4.79 Å². The monoisotopic (exact) mass is 375 g/mol. The molecule has 0 bridgehead atoms. The number of nitrogens with zero attached hydrogens (tertiary/aromatic N) is 2. The molecule has 0 spiro atoms. The van der Waals surface area contributed by atoms with Crippen LogP contribution >= 0.6 is 23.1 Å². The van der Waals surface area contributed by atoms with E-state index in [4.69, 9.17) is 0 Å². The minimum Gasteiger partial charge on any atom is -0.352 e. The third-order valence-electron chi connectivity index (χ3n) is 4.75. The first-order valence-corrected chi connectivity index (χ1v) is 10.8. The molecule has 0 aliphatic heterocycles. The lowest BCUT2D eigenvalue weighted by atomic mass is 9.86. The molecule has 0 radical (unpaired) electrons. The molecule has 1 saturated carbocycles. The van der Waals surface area contributed by atoms with E-state index in [2.05, 4.69) is 22.4 Å². The molecule has 1 aliphatic carbocycles. The zero-order chi connectivity index (χ0) is 17.6. The number of rotatable bonds is 6. The van der Waals surface area contributed by atoms with Gasteiger partial charge in [-0.15, -0.1) is 22.0 Å². The molecule has 25 heavy (non-hydrogen) atoms. The Hall–Kier alpha value is -1.40. The maximum Gasteiger partial charge on any atom is 0.233 e. The van der Waals surface area contributed by atoms with Crippen molar-refractivity contribution in [2.45, 2.75) is 56.6 Å². The lowest BCUT2D eigenvalue weighted by Crippen LogP contribution is -2.44. The van der Waals surface area contributed by atoms with Crippen LogP contribution in [-0.4, -0.2) is 27.4 Å². The average Bonchev–Trinajstić information content (AvgIpc) is 3.11. The Labute approximate surface area is 157 Å². The molecule has 0 unspecified atom stereocenters. The highest BCUT2D eigenvalue weighted by Crippen LogP contribution is 2.28. The van der Waals surface area contributed by atoms with Crippen LogP contribution in [0, 0.1) is 5.92 Å². The summed E-state index contributed by atoms with van der Waals surface area (Å²) in [7, 11) is 0. The first-order valence-electron chi connectivity index (χ1n) is 8.93. The number of amides is 1. The molecule has 1 heterocycles. The summed E-state index contributed by atoms with van der Waals surface area (Å²) >= 11 is 3.23. The van der Waals surface area contributed by atoms with Crippen molar-refractivity contribution in [1.82, 2.24) is 15.5 Å². The summed E-state index contributed by atoms with van der Waals surface area (Å²) in [5.41, 5.74) is 1.09. The summed E-state index contributed by atoms with van der Waals surface area (Å²) in [5, 5.41) is 13.6. The van der Waals surface area contributed by atoms with Crippen LogP contribution in [0.25, 0.3) is 10.6 Å². The van der Waals surface area contributed by atoms with Gasteiger partial charge in [0.25, 0.3) is 0 Å². The van der Waals surface area contributed by atoms with Gasteiger partial charge in [0.2, 0.25) is 5.91 Å². The molecule has 1 aromatic carbocycles. The first-order chi connectivity index (χ1) is 12.1. The Balaban J connectivity index is 1.49. The van der Waals surface area contributed by atoms with E-state index in [-0.39, 0.29) is 11.2 Å². The van der Waals surface area contributed by atoms with Gasteiger partial charge in [-0.3, -0.25) is 4.79 Å². The third kappa shape index (κ3) is 5.05. The molecule has 3 rings (SSSR count). The standard InChI is InChI=1S/C19H25N3OS2/c1-13-8-6-7-11-16(13)20-18(23)14(2)24-12-17-21-22-19(25-17)15-9-4-3-5-10-15/h3-5,9-10,13-14,16H,6-8,11-12H2,1-2H3,(H,20,23)/t13-,14+,16-/m1/s1. The summed E-state index contributed by atoms with van der Waals surface area (Å²) in [6, 6.07) is 10.4. The molecule has 0 saturated heterocycles. The second-order valence-electron chi connectivity index (χ2n) is 6.70. The minimum absolute atomic E-state index is 0.0711. The minimum atomic E-state index is -0.0711. The molecular formula is C19H25N3OS2. The fourth-order valence-corrected chi connectivity index (χ4v) is 4.86. The van der Waals surface area contributed by atoms with Crippen LogP contribution < -0.4 is 5.32 Å². The molecule has 1 amide bonds. The van der Waals surface area contributed by atoms with Gasteiger partial charge < -0.3 is 5.32 Å². The quantitative estimate of drug-likeness (QED) is 0.806. The van der Waals surface area contributed by atoms with Gasteiger partial charge in [0, 0.05) is 17.4 Å². The number of aromatic nitrogens is 2. The zero-order valence-electron chi connectivity index (χ0n) is 14.8. The number of benzene rings is 1. The summed E-state index contributed by atoms with van der Waals surface area (Å²) < 4.78 is 0. The second-order valence-corrected chi connectivity index (χ2v) is 9.09. The van der Waals surface area contributed by atoms with Gasteiger partial charge in [-0.25, -0.2) is 0 Å². The zero-order valence-corrected chi connectivity index (χ0v) is 16.4. The number of carbonyl (C=O) groups excluding carboxylic acids is 1. The Morgan fingerprint density at radius 1 is 1.28 bits per heavy atom. The number of thioether (sulfide) groups is 1. The summed E-state index contributed by atoms with van der Waals surface area (Å²) in [4.78, 5) is 12.4. The Morgan fingerprint density at radius 3 is 2.80 bits per heavy atom. The fourth-order valence-electron chi connectivity index (χ4n) is 3.11. The van der Waals surface area contributed by atoms with Crippen molar-refractivity contribution >= 4 is 29.0 Å². The SMILES string of the molecule is C[C@H](SCc1nnc(-c2ccccc2)s1)C(=O)N[C@@H]1CCCC[C@H]1C. The van der Waals surface area contributed by atoms with Crippen molar-refractivity contribution in [3.8, 4) is 10.6 Å². The third-order valence-corrected chi connectivity index (χ3v) is 7.06. The van der Waals surface area contributed by atoms with Crippen LogP contribution in [0.3, 0.4) is 0 Å². The van der Waals surface area contributed by atoms with E-state index in [1.165, 1.54) is 19.3 Å². The van der Waals surface area contributed by atoms with E-state index in [1.807, 2.05) is 37.3 Å². The van der Waals surface area contributed by atoms with E-state index in [0.717, 1.165) is 27.8 Å². The van der Waals surface area contributed by atoms with Gasteiger partial charge >= 0.3 is 0 Å². The van der Waals surface area contributed by atoms with Gasteiger partial charge in [-0.1, -0.05) is 61.4 Å². The molecule has 6 heteroatoms. The number of hydrogen-bond acceptors (Lipinski definition) is 5. The Kier molecular flexibility index (Phi) is 6.48. The molecule has 2 aromatic rings. The molecule has 1 fully saturated rings. The number of nitrogens with one attached hydrogen (secondary N) is 1. The van der Waals surface area contributed by atoms with Gasteiger partial charge in [0.15, 0.2) is 0 Å². The molecule has 1 N–H and O–H groups in total. The van der Waals surface area contributed by atoms with Crippen LogP contribution in [0.1, 0.15) is 44.5 Å². The summed E-state index contributed by atoms with van der Waals surface area (Å²) in [6.07, 6.45) is 4.85. The van der Waals surface area contributed by atoms with E-state index >= 15 is 0 Å². The molecule has 3 atom stereocenters. The summed E-state index contributed by atoms with van der Waals surface area (Å²) in [5.74, 6) is 1.46. The maximum absolute atomic E-state index is 12.4. The highest BCUT2D eigenvalue weighted by atomic mass is 32.2. The van der Waals surface area contributed by atoms with E-state index < -0.39 is 0 Å². The fraction of sp³-hybridized carbons (Fsp3) is 0.526. The first kappa shape index (κ1) is 18.4. The Morgan fingerprint density at radius 2 is 2.04 bits per heavy atom. The maximum atomic E-state index is 12.4. The van der Waals surface area contributed by atoms with Gasteiger partial charge in [-0.2, -0.15) is 0 Å². The van der Waals surface area contributed by atoms with E-state index in [0.29, 0.717) is 12.0 Å². The van der Waals surface area contributed by atoms with Crippen LogP contribution in [0.4, 0.5) is 0 Å². The van der Waals surface area contributed by atoms with Crippen LogP contribution in [0.2, 0.25) is 0 Å². The molecule has 1 aliphatic rings. The van der Waals surface area contributed by atoms with Gasteiger partial charge in [0.1, 0.15) is 10.0 Å². The smallest absolute Gasteiger partial charge is 0.233 e. The van der Waals surface area contributed by atoms with E-state index in [1.54, 1.807) is 23.1 Å². The van der Waals surface area contributed by atoms with Crippen LogP contribution in [-0.2, 0) is 10.5 Å².